The summed E-state index contributed by atoms with van der Waals surface area (Å²) in [5.74, 6) is -0.684. The molecule has 4 nitrogen and oxygen atoms in total. The largest absolute Gasteiger partial charge is 0.363 e. The number of benzene rings is 2. The van der Waals surface area contributed by atoms with Gasteiger partial charge in [0.1, 0.15) is 17.8 Å². The number of halogens is 1. The Morgan fingerprint density at radius 3 is 2.68 bits per heavy atom. The number of hydrogen-bond donors (Lipinski definition) is 1. The minimum atomic E-state index is -0.350. The summed E-state index contributed by atoms with van der Waals surface area (Å²) in [6, 6.07) is 9.58. The fourth-order valence-corrected chi connectivity index (χ4v) is 1.93. The van der Waals surface area contributed by atoms with Crippen LogP contribution in [0.3, 0.4) is 0 Å². The Labute approximate surface area is 107 Å². The van der Waals surface area contributed by atoms with Crippen LogP contribution in [-0.4, -0.2) is 11.1 Å². The summed E-state index contributed by atoms with van der Waals surface area (Å²) in [5.41, 5.74) is 0.858. The zero-order valence-electron chi connectivity index (χ0n) is 9.76. The fourth-order valence-electron chi connectivity index (χ4n) is 1.93. The molecule has 2 aromatic carbocycles. The molecular weight excluding hydrogens is 247 g/mol. The molecule has 0 spiro atoms. The maximum atomic E-state index is 13.7. The monoisotopic (exact) mass is 256 g/mol. The van der Waals surface area contributed by atoms with Crippen molar-refractivity contribution in [3.05, 3.63) is 60.2 Å². The van der Waals surface area contributed by atoms with Gasteiger partial charge in [0.15, 0.2) is 0 Å². The second-order valence-electron chi connectivity index (χ2n) is 4.01. The number of anilines is 1. The van der Waals surface area contributed by atoms with Gasteiger partial charge in [-0.05, 0) is 17.5 Å². The lowest BCUT2D eigenvalue weighted by molar-refractivity contribution is 0.102. The topological polar surface area (TPSA) is 55.1 Å². The molecule has 0 radical (unpaired) electrons. The molecule has 0 unspecified atom stereocenters. The highest BCUT2D eigenvalue weighted by molar-refractivity contribution is 6.12. The van der Waals surface area contributed by atoms with Crippen molar-refractivity contribution in [2.24, 2.45) is 0 Å². The van der Waals surface area contributed by atoms with Crippen LogP contribution in [0.5, 0.6) is 0 Å². The van der Waals surface area contributed by atoms with Crippen molar-refractivity contribution in [1.29, 1.82) is 0 Å². The lowest BCUT2D eigenvalue weighted by Crippen LogP contribution is -2.12. The van der Waals surface area contributed by atoms with Crippen molar-refractivity contribution in [2.75, 3.05) is 5.32 Å². The third-order valence-electron chi connectivity index (χ3n) is 2.81. The minimum Gasteiger partial charge on any atom is -0.363 e. The van der Waals surface area contributed by atoms with Crippen LogP contribution in [0.25, 0.3) is 10.8 Å². The van der Waals surface area contributed by atoms with Gasteiger partial charge in [0, 0.05) is 10.9 Å². The molecule has 5 heteroatoms. The summed E-state index contributed by atoms with van der Waals surface area (Å²) in [6.45, 7) is 0. The highest BCUT2D eigenvalue weighted by atomic mass is 19.1. The van der Waals surface area contributed by atoms with Crippen molar-refractivity contribution in [1.82, 2.24) is 5.16 Å². The molecule has 0 atom stereocenters. The van der Waals surface area contributed by atoms with Gasteiger partial charge in [0.2, 0.25) is 0 Å². The SMILES string of the molecule is O=C(Nc1cnoc1)c1ccc(F)c2ccccc12. The first-order valence-electron chi connectivity index (χ1n) is 5.63. The molecule has 1 amide bonds. The molecule has 1 N–H and O–H groups in total. The van der Waals surface area contributed by atoms with E-state index in [1.165, 1.54) is 24.6 Å². The van der Waals surface area contributed by atoms with E-state index in [2.05, 4.69) is 15.0 Å². The van der Waals surface area contributed by atoms with Crippen LogP contribution in [-0.2, 0) is 0 Å². The molecule has 0 fully saturated rings. The molecule has 0 bridgehead atoms. The lowest BCUT2D eigenvalue weighted by atomic mass is 10.0. The van der Waals surface area contributed by atoms with Gasteiger partial charge in [0.05, 0.1) is 6.20 Å². The number of nitrogens with one attached hydrogen (secondary N) is 1. The van der Waals surface area contributed by atoms with E-state index in [1.807, 2.05) is 0 Å². The van der Waals surface area contributed by atoms with E-state index in [0.29, 0.717) is 22.0 Å². The molecule has 1 heterocycles. The minimum absolute atomic E-state index is 0.334. The smallest absolute Gasteiger partial charge is 0.256 e. The number of nitrogens with zero attached hydrogens (tertiary/aromatic N) is 1. The average molecular weight is 256 g/mol. The number of rotatable bonds is 2. The number of aromatic nitrogens is 1. The van der Waals surface area contributed by atoms with Gasteiger partial charge in [-0.25, -0.2) is 4.39 Å². The van der Waals surface area contributed by atoms with Crippen LogP contribution >= 0.6 is 0 Å². The Bertz CT molecular complexity index is 738. The van der Waals surface area contributed by atoms with Gasteiger partial charge in [-0.3, -0.25) is 4.79 Å². The zero-order valence-corrected chi connectivity index (χ0v) is 9.76. The molecule has 3 aromatic rings. The second kappa shape index (κ2) is 4.53. The van der Waals surface area contributed by atoms with Gasteiger partial charge >= 0.3 is 0 Å². The molecule has 0 aliphatic heterocycles. The Hall–Kier alpha value is -2.69. The Balaban J connectivity index is 2.05. The van der Waals surface area contributed by atoms with E-state index in [-0.39, 0.29) is 11.7 Å². The Morgan fingerprint density at radius 1 is 1.16 bits per heavy atom. The van der Waals surface area contributed by atoms with Crippen molar-refractivity contribution >= 4 is 22.4 Å². The van der Waals surface area contributed by atoms with Gasteiger partial charge in [-0.15, -0.1) is 0 Å². The first-order chi connectivity index (χ1) is 9.25. The van der Waals surface area contributed by atoms with Crippen molar-refractivity contribution in [2.45, 2.75) is 0 Å². The van der Waals surface area contributed by atoms with Crippen LogP contribution in [0.2, 0.25) is 0 Å². The Morgan fingerprint density at radius 2 is 1.95 bits per heavy atom. The fraction of sp³-hybridized carbons (Fsp3) is 0. The molecular formula is C14H9FN2O2. The number of amides is 1. The van der Waals surface area contributed by atoms with E-state index in [0.717, 1.165) is 0 Å². The maximum Gasteiger partial charge on any atom is 0.256 e. The number of hydrogen-bond acceptors (Lipinski definition) is 3. The second-order valence-corrected chi connectivity index (χ2v) is 4.01. The third-order valence-corrected chi connectivity index (χ3v) is 2.81. The van der Waals surface area contributed by atoms with Crippen LogP contribution in [0, 0.1) is 5.82 Å². The van der Waals surface area contributed by atoms with Gasteiger partial charge in [0.25, 0.3) is 5.91 Å². The Kier molecular flexibility index (Phi) is 2.72. The lowest BCUT2D eigenvalue weighted by Gasteiger charge is -2.07. The summed E-state index contributed by atoms with van der Waals surface area (Å²) >= 11 is 0. The number of fused-ring (bicyclic) bond motifs is 1. The summed E-state index contributed by atoms with van der Waals surface area (Å²) < 4.78 is 18.3. The predicted molar refractivity (Wildman–Crippen MR) is 68.4 cm³/mol. The maximum absolute atomic E-state index is 13.7. The number of carbonyl (C=O) groups is 1. The molecule has 1 aromatic heterocycles. The first kappa shape index (κ1) is 11.4. The molecule has 3 rings (SSSR count). The van der Waals surface area contributed by atoms with Gasteiger partial charge in [-0.2, -0.15) is 0 Å². The molecule has 0 saturated heterocycles. The quantitative estimate of drug-likeness (QED) is 0.765. The van der Waals surface area contributed by atoms with Crippen LogP contribution in [0.1, 0.15) is 10.4 Å². The highest BCUT2D eigenvalue weighted by Gasteiger charge is 2.12. The molecule has 0 aliphatic carbocycles. The van der Waals surface area contributed by atoms with E-state index in [9.17, 15) is 9.18 Å². The van der Waals surface area contributed by atoms with Crippen molar-refractivity contribution in [3.63, 3.8) is 0 Å². The predicted octanol–water partition coefficient (Wildman–Crippen LogP) is 3.22. The van der Waals surface area contributed by atoms with Crippen LogP contribution in [0.15, 0.2) is 53.4 Å². The third kappa shape index (κ3) is 2.06. The van der Waals surface area contributed by atoms with Gasteiger partial charge in [-0.1, -0.05) is 29.4 Å². The van der Waals surface area contributed by atoms with Gasteiger partial charge < -0.3 is 9.84 Å². The van der Waals surface area contributed by atoms with Crippen LogP contribution < -0.4 is 5.32 Å². The van der Waals surface area contributed by atoms with E-state index in [4.69, 9.17) is 0 Å². The highest BCUT2D eigenvalue weighted by Crippen LogP contribution is 2.22. The number of carbonyl (C=O) groups excluding carboxylic acids is 1. The molecule has 19 heavy (non-hydrogen) atoms. The van der Waals surface area contributed by atoms with Crippen LogP contribution in [0.4, 0.5) is 10.1 Å². The zero-order chi connectivity index (χ0) is 13.2. The van der Waals surface area contributed by atoms with E-state index >= 15 is 0 Å². The summed E-state index contributed by atoms with van der Waals surface area (Å²) in [7, 11) is 0. The first-order valence-corrected chi connectivity index (χ1v) is 5.63. The standard InChI is InChI=1S/C14H9FN2O2/c15-13-6-5-12(10-3-1-2-4-11(10)13)14(18)17-9-7-16-19-8-9/h1-8H,(H,17,18). The molecule has 0 saturated carbocycles. The summed E-state index contributed by atoms with van der Waals surface area (Å²) in [4.78, 5) is 12.1. The summed E-state index contributed by atoms with van der Waals surface area (Å²) in [6.07, 6.45) is 2.72. The van der Waals surface area contributed by atoms with Crippen molar-refractivity contribution < 1.29 is 13.7 Å². The van der Waals surface area contributed by atoms with E-state index in [1.54, 1.807) is 24.3 Å². The summed E-state index contributed by atoms with van der Waals surface area (Å²) in [5, 5.41) is 7.11. The molecule has 0 aliphatic rings. The van der Waals surface area contributed by atoms with Crippen molar-refractivity contribution in [3.8, 4) is 0 Å². The average Bonchev–Trinajstić information content (AvgIpc) is 2.92. The molecule has 94 valence electrons. The van der Waals surface area contributed by atoms with E-state index < -0.39 is 0 Å². The normalized spacial score (nSPS) is 10.6.